The Balaban J connectivity index is 1.38. The average molecular weight is 572 g/mol. The summed E-state index contributed by atoms with van der Waals surface area (Å²) in [5, 5.41) is 0. The highest BCUT2D eigenvalue weighted by Crippen LogP contribution is 2.69. The number of fused-ring (bicyclic) bond motifs is 18. The molecule has 0 radical (unpaired) electrons. The van der Waals surface area contributed by atoms with Crippen molar-refractivity contribution in [3.05, 3.63) is 197 Å². The molecule has 5 aromatic carbocycles. The zero-order valence-electron chi connectivity index (χ0n) is 24.3. The van der Waals surface area contributed by atoms with Crippen molar-refractivity contribution >= 4 is 17.1 Å². The first-order valence-corrected chi connectivity index (χ1v) is 15.6. The molecule has 2 aliphatic heterocycles. The second-order valence-electron chi connectivity index (χ2n) is 12.5. The van der Waals surface area contributed by atoms with E-state index in [2.05, 4.69) is 145 Å². The fourth-order valence-electron chi connectivity index (χ4n) is 9.42. The number of anilines is 3. The molecule has 0 bridgehead atoms. The van der Waals surface area contributed by atoms with Gasteiger partial charge in [-0.15, -0.1) is 0 Å². The van der Waals surface area contributed by atoms with Gasteiger partial charge in [0.05, 0.1) is 27.9 Å². The van der Waals surface area contributed by atoms with Crippen molar-refractivity contribution in [2.75, 3.05) is 4.90 Å². The number of pyridine rings is 2. The third kappa shape index (κ3) is 2.48. The minimum atomic E-state index is -0.512. The van der Waals surface area contributed by atoms with Gasteiger partial charge in [0.15, 0.2) is 0 Å². The summed E-state index contributed by atoms with van der Waals surface area (Å²) >= 11 is 0. The summed E-state index contributed by atoms with van der Waals surface area (Å²) in [6, 6.07) is 47.3. The summed E-state index contributed by atoms with van der Waals surface area (Å²) in [5.74, 6) is 0. The molecule has 0 saturated heterocycles. The zero-order valence-corrected chi connectivity index (χ0v) is 24.3. The van der Waals surface area contributed by atoms with Gasteiger partial charge in [-0.25, -0.2) is 0 Å². The van der Waals surface area contributed by atoms with Crippen molar-refractivity contribution in [1.82, 2.24) is 9.97 Å². The monoisotopic (exact) mass is 571 g/mol. The third-order valence-electron chi connectivity index (χ3n) is 10.9. The van der Waals surface area contributed by atoms with Crippen molar-refractivity contribution in [3.63, 3.8) is 0 Å². The number of rotatable bonds is 0. The summed E-state index contributed by atoms with van der Waals surface area (Å²) < 4.78 is 0. The maximum Gasteiger partial charge on any atom is 0.0769 e. The van der Waals surface area contributed by atoms with Gasteiger partial charge < -0.3 is 4.90 Å². The molecule has 208 valence electrons. The maximum absolute atomic E-state index is 4.79. The fraction of sp³-hybridized carbons (Fsp3) is 0.0476. The summed E-state index contributed by atoms with van der Waals surface area (Å²) in [4.78, 5) is 12.1. The molecule has 0 atom stereocenters. The molecule has 2 spiro atoms. The number of benzene rings is 5. The summed E-state index contributed by atoms with van der Waals surface area (Å²) in [7, 11) is 0. The lowest BCUT2D eigenvalue weighted by Crippen LogP contribution is -2.43. The van der Waals surface area contributed by atoms with Gasteiger partial charge in [0.1, 0.15) is 0 Å². The van der Waals surface area contributed by atoms with Gasteiger partial charge in [0.25, 0.3) is 0 Å². The van der Waals surface area contributed by atoms with Crippen LogP contribution in [0.2, 0.25) is 0 Å². The smallest absolute Gasteiger partial charge is 0.0769 e. The van der Waals surface area contributed by atoms with Crippen LogP contribution < -0.4 is 4.90 Å². The summed E-state index contributed by atoms with van der Waals surface area (Å²) in [6.45, 7) is 0. The molecule has 0 amide bonds. The van der Waals surface area contributed by atoms with Crippen LogP contribution in [0.3, 0.4) is 0 Å². The molecule has 7 aromatic rings. The van der Waals surface area contributed by atoms with Crippen LogP contribution in [0.4, 0.5) is 17.1 Å². The lowest BCUT2D eigenvalue weighted by Gasteiger charge is -2.51. The third-order valence-corrected chi connectivity index (χ3v) is 10.9. The number of aromatic nitrogens is 2. The van der Waals surface area contributed by atoms with Crippen LogP contribution in [-0.4, -0.2) is 9.97 Å². The lowest BCUT2D eigenvalue weighted by molar-refractivity contribution is 0.703. The summed E-state index contributed by atoms with van der Waals surface area (Å²) in [6.07, 6.45) is 8.10. The van der Waals surface area contributed by atoms with Gasteiger partial charge in [-0.3, -0.25) is 9.97 Å². The van der Waals surface area contributed by atoms with Gasteiger partial charge in [0.2, 0.25) is 0 Å². The molecule has 2 aliphatic carbocycles. The van der Waals surface area contributed by atoms with Crippen molar-refractivity contribution < 1.29 is 0 Å². The molecule has 0 unspecified atom stereocenters. The Bertz CT molecular complexity index is 2170. The van der Waals surface area contributed by atoms with E-state index in [1.807, 2.05) is 12.4 Å². The first-order valence-electron chi connectivity index (χ1n) is 15.6. The standard InChI is InChI=1S/C42H25N3/c1-5-14-30-26(10-1)27-11-2-6-15-31(27)41(30)34-18-9-19-35-40(34)45(38-20-22-43-24-36(38)41)39-21-23-44-25-37(39)42(35)32-16-7-3-12-28(32)29-13-4-8-17-33(29)42/h1-25H. The highest BCUT2D eigenvalue weighted by Gasteiger charge is 2.58. The van der Waals surface area contributed by atoms with Gasteiger partial charge in [0, 0.05) is 35.9 Å². The first-order chi connectivity index (χ1) is 22.4. The van der Waals surface area contributed by atoms with Gasteiger partial charge in [-0.1, -0.05) is 115 Å². The van der Waals surface area contributed by atoms with E-state index in [1.165, 1.54) is 83.8 Å². The maximum atomic E-state index is 4.79. The predicted molar refractivity (Wildman–Crippen MR) is 178 cm³/mol. The number of hydrogen-bond donors (Lipinski definition) is 0. The molecule has 0 fully saturated rings. The normalized spacial score (nSPS) is 15.9. The molecular weight excluding hydrogens is 546 g/mol. The second-order valence-corrected chi connectivity index (χ2v) is 12.5. The average Bonchev–Trinajstić information content (AvgIpc) is 3.57. The molecule has 0 saturated carbocycles. The van der Waals surface area contributed by atoms with E-state index in [-0.39, 0.29) is 0 Å². The highest BCUT2D eigenvalue weighted by atomic mass is 15.2. The van der Waals surface area contributed by atoms with E-state index in [0.717, 1.165) is 0 Å². The van der Waals surface area contributed by atoms with Crippen LogP contribution in [0.25, 0.3) is 22.3 Å². The molecule has 2 aromatic heterocycles. The molecule has 3 heteroatoms. The van der Waals surface area contributed by atoms with Crippen LogP contribution in [-0.2, 0) is 10.8 Å². The zero-order chi connectivity index (χ0) is 29.3. The topological polar surface area (TPSA) is 29.0 Å². The molecule has 0 N–H and O–H groups in total. The van der Waals surface area contributed by atoms with E-state index in [0.29, 0.717) is 0 Å². The van der Waals surface area contributed by atoms with Crippen LogP contribution in [0.15, 0.2) is 152 Å². The SMILES string of the molecule is c1ccc2c(c1)-c1ccccc1C21c2cnccc2N2c3ccncc3C3(c4ccccc4-c4ccccc43)c3cccc1c32. The highest BCUT2D eigenvalue weighted by molar-refractivity contribution is 6.02. The Labute approximate surface area is 261 Å². The molecule has 3 nitrogen and oxygen atoms in total. The van der Waals surface area contributed by atoms with Crippen LogP contribution in [0, 0.1) is 0 Å². The van der Waals surface area contributed by atoms with Crippen molar-refractivity contribution in [2.24, 2.45) is 0 Å². The Morgan fingerprint density at radius 3 is 1.11 bits per heavy atom. The van der Waals surface area contributed by atoms with Crippen LogP contribution >= 0.6 is 0 Å². The number of hydrogen-bond acceptors (Lipinski definition) is 3. The second kappa shape index (κ2) is 8.02. The van der Waals surface area contributed by atoms with Crippen molar-refractivity contribution in [1.29, 1.82) is 0 Å². The Kier molecular flexibility index (Phi) is 4.21. The quantitative estimate of drug-likeness (QED) is 0.182. The number of para-hydroxylation sites is 1. The van der Waals surface area contributed by atoms with E-state index in [4.69, 9.17) is 9.97 Å². The first kappa shape index (κ1) is 23.6. The Morgan fingerprint density at radius 1 is 0.356 bits per heavy atom. The van der Waals surface area contributed by atoms with Gasteiger partial charge >= 0.3 is 0 Å². The van der Waals surface area contributed by atoms with E-state index < -0.39 is 10.8 Å². The van der Waals surface area contributed by atoms with E-state index in [1.54, 1.807) is 0 Å². The fourth-order valence-corrected chi connectivity index (χ4v) is 9.42. The molecule has 11 rings (SSSR count). The Hall–Kier alpha value is -5.80. The minimum absolute atomic E-state index is 0.512. The molecule has 4 aliphatic rings. The van der Waals surface area contributed by atoms with Crippen LogP contribution in [0.5, 0.6) is 0 Å². The minimum Gasteiger partial charge on any atom is -0.309 e. The van der Waals surface area contributed by atoms with E-state index in [9.17, 15) is 0 Å². The molecule has 4 heterocycles. The Morgan fingerprint density at radius 2 is 0.711 bits per heavy atom. The molecular formula is C42H25N3. The van der Waals surface area contributed by atoms with E-state index >= 15 is 0 Å². The predicted octanol–water partition coefficient (Wildman–Crippen LogP) is 9.30. The van der Waals surface area contributed by atoms with Crippen molar-refractivity contribution in [2.45, 2.75) is 10.8 Å². The van der Waals surface area contributed by atoms with Crippen LogP contribution in [0.1, 0.15) is 44.5 Å². The number of nitrogens with zero attached hydrogens (tertiary/aromatic N) is 3. The largest absolute Gasteiger partial charge is 0.309 e. The molecule has 45 heavy (non-hydrogen) atoms. The van der Waals surface area contributed by atoms with Gasteiger partial charge in [-0.2, -0.15) is 0 Å². The lowest BCUT2D eigenvalue weighted by atomic mass is 9.59. The van der Waals surface area contributed by atoms with Gasteiger partial charge in [-0.05, 0) is 67.8 Å². The van der Waals surface area contributed by atoms with Crippen molar-refractivity contribution in [3.8, 4) is 22.3 Å². The summed E-state index contributed by atoms with van der Waals surface area (Å²) in [5.41, 5.74) is 18.0.